The van der Waals surface area contributed by atoms with Crippen molar-refractivity contribution in [2.24, 2.45) is 0 Å². The van der Waals surface area contributed by atoms with Crippen LogP contribution in [0, 0.1) is 10.1 Å². The Kier molecular flexibility index (Phi) is 4.97. The van der Waals surface area contributed by atoms with E-state index in [9.17, 15) is 19.7 Å². The molecule has 2 aliphatic heterocycles. The van der Waals surface area contributed by atoms with E-state index in [-0.39, 0.29) is 30.5 Å². The topological polar surface area (TPSA) is 147 Å². The van der Waals surface area contributed by atoms with Crippen LogP contribution in [-0.4, -0.2) is 58.2 Å². The summed E-state index contributed by atoms with van der Waals surface area (Å²) in [5.74, 6) is 0.00721. The zero-order valence-corrected chi connectivity index (χ0v) is 15.5. The quantitative estimate of drug-likeness (QED) is 0.558. The lowest BCUT2D eigenvalue weighted by Crippen LogP contribution is -2.43. The molecule has 0 saturated carbocycles. The predicted molar refractivity (Wildman–Crippen MR) is 102 cm³/mol. The number of rotatable bonds is 5. The molecule has 1 aromatic heterocycles. The molecule has 12 nitrogen and oxygen atoms in total. The van der Waals surface area contributed by atoms with Crippen molar-refractivity contribution in [3.05, 3.63) is 28.3 Å². The van der Waals surface area contributed by atoms with Crippen LogP contribution in [0.5, 0.6) is 5.75 Å². The van der Waals surface area contributed by atoms with E-state index in [4.69, 9.17) is 4.74 Å². The highest BCUT2D eigenvalue weighted by Gasteiger charge is 2.29. The van der Waals surface area contributed by atoms with Gasteiger partial charge in [-0.05, 0) is 25.3 Å². The van der Waals surface area contributed by atoms with Gasteiger partial charge in [-0.15, -0.1) is 5.10 Å². The molecule has 0 atom stereocenters. The van der Waals surface area contributed by atoms with Crippen molar-refractivity contribution in [2.75, 3.05) is 41.4 Å². The molecule has 0 bridgehead atoms. The number of nitro groups is 1. The van der Waals surface area contributed by atoms with Gasteiger partial charge >= 0.3 is 0 Å². The molecule has 2 N–H and O–H groups in total. The number of nitrogens with zero attached hydrogens (tertiary/aromatic N) is 5. The Morgan fingerprint density at radius 3 is 2.86 bits per heavy atom. The minimum atomic E-state index is -0.575. The molecule has 29 heavy (non-hydrogen) atoms. The largest absolute Gasteiger partial charge is 0.482 e. The van der Waals surface area contributed by atoms with E-state index in [2.05, 4.69) is 20.5 Å². The van der Waals surface area contributed by atoms with Crippen molar-refractivity contribution in [3.8, 4) is 5.75 Å². The molecule has 2 aromatic rings. The molecule has 152 valence electrons. The fourth-order valence-electron chi connectivity index (χ4n) is 3.34. The first-order valence-electron chi connectivity index (χ1n) is 9.20. The van der Waals surface area contributed by atoms with E-state index in [1.54, 1.807) is 0 Å². The number of amides is 2. The number of aromatic amines is 1. The number of hydrogen-bond donors (Lipinski definition) is 2. The molecule has 12 heteroatoms. The molecule has 3 heterocycles. The average molecular weight is 401 g/mol. The Morgan fingerprint density at radius 1 is 1.31 bits per heavy atom. The Balaban J connectivity index is 1.46. The summed E-state index contributed by atoms with van der Waals surface area (Å²) >= 11 is 0. The molecule has 4 rings (SSSR count). The van der Waals surface area contributed by atoms with Gasteiger partial charge in [-0.1, -0.05) is 0 Å². The highest BCUT2D eigenvalue weighted by Crippen LogP contribution is 2.35. The lowest BCUT2D eigenvalue weighted by atomic mass is 10.1. The van der Waals surface area contributed by atoms with Crippen LogP contribution >= 0.6 is 0 Å². The van der Waals surface area contributed by atoms with E-state index < -0.39 is 16.7 Å². The maximum atomic E-state index is 12.5. The lowest BCUT2D eigenvalue weighted by molar-refractivity contribution is -0.384. The summed E-state index contributed by atoms with van der Waals surface area (Å²) in [6.07, 6.45) is 3.32. The van der Waals surface area contributed by atoms with E-state index in [1.165, 1.54) is 24.6 Å². The first kappa shape index (κ1) is 18.7. The van der Waals surface area contributed by atoms with Gasteiger partial charge in [0, 0.05) is 25.2 Å². The molecule has 0 radical (unpaired) electrons. The molecule has 0 aliphatic carbocycles. The number of hydrogen-bond acceptors (Lipinski definition) is 8. The van der Waals surface area contributed by atoms with E-state index in [0.717, 1.165) is 30.8 Å². The molecular weight excluding hydrogens is 382 g/mol. The van der Waals surface area contributed by atoms with Crippen LogP contribution in [0.25, 0.3) is 0 Å². The molecule has 1 fully saturated rings. The van der Waals surface area contributed by atoms with Gasteiger partial charge in [-0.25, -0.2) is 5.10 Å². The second-order valence-corrected chi connectivity index (χ2v) is 6.76. The predicted octanol–water partition coefficient (Wildman–Crippen LogP) is 1.07. The first-order valence-corrected chi connectivity index (χ1v) is 9.20. The van der Waals surface area contributed by atoms with Crippen molar-refractivity contribution in [1.29, 1.82) is 0 Å². The third-order valence-electron chi connectivity index (χ3n) is 4.77. The molecule has 2 aliphatic rings. The summed E-state index contributed by atoms with van der Waals surface area (Å²) in [6.45, 7) is 1.14. The van der Waals surface area contributed by atoms with Gasteiger partial charge in [0.25, 0.3) is 11.6 Å². The summed E-state index contributed by atoms with van der Waals surface area (Å²) in [6, 6.07) is 3.90. The van der Waals surface area contributed by atoms with Crippen LogP contribution in [-0.2, 0) is 9.59 Å². The maximum Gasteiger partial charge on any atom is 0.271 e. The normalized spacial score (nSPS) is 16.2. The van der Waals surface area contributed by atoms with Crippen LogP contribution < -0.4 is 19.9 Å². The SMILES string of the molecule is O=C(CN1C(=O)COc2ccc([N+](=O)[O-])cc21)Nc1nc(N2CCCCC2)n[nH]1. The van der Waals surface area contributed by atoms with Crippen LogP contribution in [0.4, 0.5) is 23.3 Å². The smallest absolute Gasteiger partial charge is 0.271 e. The number of carbonyl (C=O) groups is 2. The number of non-ortho nitro benzene ring substituents is 1. The van der Waals surface area contributed by atoms with E-state index in [1.807, 2.05) is 4.90 Å². The summed E-state index contributed by atoms with van der Waals surface area (Å²) in [4.78, 5) is 42.6. The number of ether oxygens (including phenoxy) is 1. The third kappa shape index (κ3) is 3.95. The molecule has 0 spiro atoms. The maximum absolute atomic E-state index is 12.5. The zero-order valence-electron chi connectivity index (χ0n) is 15.5. The Hall–Kier alpha value is -3.70. The number of H-pyrrole nitrogens is 1. The molecule has 2 amide bonds. The van der Waals surface area contributed by atoms with Crippen LogP contribution in [0.15, 0.2) is 18.2 Å². The Bertz CT molecular complexity index is 953. The summed E-state index contributed by atoms with van der Waals surface area (Å²) < 4.78 is 5.29. The molecule has 0 unspecified atom stereocenters. The zero-order chi connectivity index (χ0) is 20.4. The number of aromatic nitrogens is 3. The van der Waals surface area contributed by atoms with Crippen molar-refractivity contribution in [2.45, 2.75) is 19.3 Å². The van der Waals surface area contributed by atoms with E-state index in [0.29, 0.717) is 11.7 Å². The number of fused-ring (bicyclic) bond motifs is 1. The van der Waals surface area contributed by atoms with Crippen molar-refractivity contribution < 1.29 is 19.2 Å². The van der Waals surface area contributed by atoms with Gasteiger partial charge in [-0.2, -0.15) is 4.98 Å². The van der Waals surface area contributed by atoms with Gasteiger partial charge < -0.3 is 9.64 Å². The van der Waals surface area contributed by atoms with Crippen molar-refractivity contribution >= 4 is 35.1 Å². The minimum absolute atomic E-state index is 0.176. The standard InChI is InChI=1S/C17H19N7O5/c25-14(18-16-19-17(21-20-16)22-6-2-1-3-7-22)9-23-12-8-11(24(27)28)4-5-13(12)29-10-15(23)26/h4-5,8H,1-3,6-7,9-10H2,(H2,18,19,20,21,25). The van der Waals surface area contributed by atoms with Crippen LogP contribution in [0.3, 0.4) is 0 Å². The van der Waals surface area contributed by atoms with E-state index >= 15 is 0 Å². The monoisotopic (exact) mass is 401 g/mol. The van der Waals surface area contributed by atoms with Crippen molar-refractivity contribution in [1.82, 2.24) is 15.2 Å². The summed E-state index contributed by atoms with van der Waals surface area (Å²) in [5, 5.41) is 20.4. The lowest BCUT2D eigenvalue weighted by Gasteiger charge is -2.28. The van der Waals surface area contributed by atoms with Crippen molar-refractivity contribution in [3.63, 3.8) is 0 Å². The van der Waals surface area contributed by atoms with Gasteiger partial charge in [0.15, 0.2) is 6.61 Å². The van der Waals surface area contributed by atoms with Gasteiger partial charge in [0.05, 0.1) is 10.6 Å². The second-order valence-electron chi connectivity index (χ2n) is 6.76. The number of benzene rings is 1. The number of nitrogens with one attached hydrogen (secondary N) is 2. The molecular formula is C17H19N7O5. The van der Waals surface area contributed by atoms with Gasteiger partial charge in [0.2, 0.25) is 17.8 Å². The summed E-state index contributed by atoms with van der Waals surface area (Å²) in [5.41, 5.74) is -0.0222. The number of carbonyl (C=O) groups excluding carboxylic acids is 2. The Labute approximate surface area is 165 Å². The third-order valence-corrected chi connectivity index (χ3v) is 4.77. The number of anilines is 3. The van der Waals surface area contributed by atoms with Crippen LogP contribution in [0.2, 0.25) is 0 Å². The van der Waals surface area contributed by atoms with Gasteiger partial charge in [0.1, 0.15) is 12.3 Å². The Morgan fingerprint density at radius 2 is 2.10 bits per heavy atom. The highest BCUT2D eigenvalue weighted by molar-refractivity contribution is 6.04. The van der Waals surface area contributed by atoms with Gasteiger partial charge in [-0.3, -0.25) is 29.9 Å². The number of piperidine rings is 1. The molecule has 1 aromatic carbocycles. The fourth-order valence-corrected chi connectivity index (χ4v) is 3.34. The minimum Gasteiger partial charge on any atom is -0.482 e. The average Bonchev–Trinajstić information content (AvgIpc) is 3.18. The summed E-state index contributed by atoms with van der Waals surface area (Å²) in [7, 11) is 0. The number of nitro benzene ring substituents is 1. The molecule has 1 saturated heterocycles. The highest BCUT2D eigenvalue weighted by atomic mass is 16.6. The first-order chi connectivity index (χ1) is 14.0. The second kappa shape index (κ2) is 7.73. The fraction of sp³-hybridized carbons (Fsp3) is 0.412. The van der Waals surface area contributed by atoms with Crippen LogP contribution in [0.1, 0.15) is 19.3 Å².